The maximum atomic E-state index is 13.1. The Kier molecular flexibility index (Phi) is 2.75. The maximum Gasteiger partial charge on any atom is 0.124 e. The molecule has 3 rings (SSSR count). The maximum absolute atomic E-state index is 13.1. The highest BCUT2D eigenvalue weighted by Gasteiger charge is 2.59. The molecule has 1 saturated carbocycles. The number of hydrogen-bond donors (Lipinski definition) is 1. The zero-order valence-corrected chi connectivity index (χ0v) is 11.1. The molecule has 0 aromatic heterocycles. The Morgan fingerprint density at radius 3 is 3.00 bits per heavy atom. The van der Waals surface area contributed by atoms with Crippen molar-refractivity contribution >= 4 is 5.69 Å². The lowest BCUT2D eigenvalue weighted by Crippen LogP contribution is -2.63. The van der Waals surface area contributed by atoms with Crippen LogP contribution in [0.4, 0.5) is 10.1 Å². The van der Waals surface area contributed by atoms with Crippen LogP contribution < -0.4 is 5.32 Å². The molecule has 2 fully saturated rings. The fraction of sp³-hybridized carbons (Fsp3) is 0.533. The summed E-state index contributed by atoms with van der Waals surface area (Å²) in [5.41, 5.74) is 1.12. The smallest absolute Gasteiger partial charge is 0.124 e. The zero-order valence-electron chi connectivity index (χ0n) is 11.1. The lowest BCUT2D eigenvalue weighted by Gasteiger charge is -2.55. The van der Waals surface area contributed by atoms with Gasteiger partial charge in [0.15, 0.2) is 0 Å². The van der Waals surface area contributed by atoms with E-state index in [1.807, 2.05) is 6.07 Å². The monoisotopic (exact) mass is 260 g/mol. The molecule has 1 aliphatic carbocycles. The summed E-state index contributed by atoms with van der Waals surface area (Å²) in [6.45, 7) is 5.16. The highest BCUT2D eigenvalue weighted by molar-refractivity contribution is 5.58. The van der Waals surface area contributed by atoms with Crippen molar-refractivity contribution in [2.24, 2.45) is 11.3 Å². The van der Waals surface area contributed by atoms with Crippen LogP contribution in [-0.4, -0.2) is 18.8 Å². The normalized spacial score (nSPS) is 31.2. The first-order valence-electron chi connectivity index (χ1n) is 6.62. The molecule has 0 spiro atoms. The first-order valence-corrected chi connectivity index (χ1v) is 6.62. The summed E-state index contributed by atoms with van der Waals surface area (Å²) < 4.78 is 18.9. The van der Waals surface area contributed by atoms with Gasteiger partial charge in [0.25, 0.3) is 0 Å². The van der Waals surface area contributed by atoms with E-state index < -0.39 is 0 Å². The second-order valence-corrected chi connectivity index (χ2v) is 5.99. The van der Waals surface area contributed by atoms with E-state index in [0.717, 1.165) is 13.0 Å². The minimum absolute atomic E-state index is 0.0439. The molecule has 0 radical (unpaired) electrons. The highest BCUT2D eigenvalue weighted by atomic mass is 19.1. The summed E-state index contributed by atoms with van der Waals surface area (Å²) in [5, 5.41) is 12.5. The summed E-state index contributed by atoms with van der Waals surface area (Å²) in [7, 11) is 0. The lowest BCUT2D eigenvalue weighted by atomic mass is 9.57. The van der Waals surface area contributed by atoms with Gasteiger partial charge in [-0.25, -0.2) is 4.39 Å². The van der Waals surface area contributed by atoms with Gasteiger partial charge in [-0.05, 0) is 24.6 Å². The number of nitriles is 1. The number of ether oxygens (including phenoxy) is 1. The third kappa shape index (κ3) is 1.81. The predicted molar refractivity (Wildman–Crippen MR) is 70.2 cm³/mol. The van der Waals surface area contributed by atoms with Crippen LogP contribution in [-0.2, 0) is 4.74 Å². The van der Waals surface area contributed by atoms with Gasteiger partial charge >= 0.3 is 0 Å². The predicted octanol–water partition coefficient (Wildman–Crippen LogP) is 2.92. The zero-order chi connectivity index (χ0) is 13.6. The van der Waals surface area contributed by atoms with Gasteiger partial charge in [0.2, 0.25) is 0 Å². The number of nitrogens with zero attached hydrogens (tertiary/aromatic N) is 1. The van der Waals surface area contributed by atoms with E-state index >= 15 is 0 Å². The third-order valence-electron chi connectivity index (χ3n) is 4.51. The van der Waals surface area contributed by atoms with Crippen LogP contribution in [0.3, 0.4) is 0 Å². The molecular weight excluding hydrogens is 243 g/mol. The average Bonchev–Trinajstić information content (AvgIpc) is 2.83. The van der Waals surface area contributed by atoms with Gasteiger partial charge < -0.3 is 10.1 Å². The largest absolute Gasteiger partial charge is 0.380 e. The molecule has 3 atom stereocenters. The molecule has 3 unspecified atom stereocenters. The van der Waals surface area contributed by atoms with Crippen LogP contribution in [0.25, 0.3) is 0 Å². The number of fused-ring (bicyclic) bond motifs is 1. The van der Waals surface area contributed by atoms with Crippen LogP contribution >= 0.6 is 0 Å². The van der Waals surface area contributed by atoms with Crippen molar-refractivity contribution in [3.05, 3.63) is 29.6 Å². The molecule has 3 nitrogen and oxygen atoms in total. The van der Waals surface area contributed by atoms with Gasteiger partial charge in [-0.15, -0.1) is 0 Å². The number of rotatable bonds is 2. The Morgan fingerprint density at radius 1 is 1.47 bits per heavy atom. The van der Waals surface area contributed by atoms with E-state index in [9.17, 15) is 4.39 Å². The topological polar surface area (TPSA) is 45.0 Å². The van der Waals surface area contributed by atoms with Crippen molar-refractivity contribution < 1.29 is 9.13 Å². The third-order valence-corrected chi connectivity index (χ3v) is 4.51. The Balaban J connectivity index is 1.84. The van der Waals surface area contributed by atoms with Crippen LogP contribution in [0.1, 0.15) is 25.8 Å². The summed E-state index contributed by atoms with van der Waals surface area (Å²) in [6, 6.07) is 6.63. The van der Waals surface area contributed by atoms with Gasteiger partial charge in [-0.2, -0.15) is 5.26 Å². The Labute approximate surface area is 112 Å². The molecule has 1 N–H and O–H groups in total. The fourth-order valence-electron chi connectivity index (χ4n) is 3.52. The summed E-state index contributed by atoms with van der Waals surface area (Å²) >= 11 is 0. The van der Waals surface area contributed by atoms with E-state index in [-0.39, 0.29) is 17.3 Å². The molecule has 4 heteroatoms. The molecule has 0 amide bonds. The Morgan fingerprint density at radius 2 is 2.26 bits per heavy atom. The molecule has 0 bridgehead atoms. The molecule has 1 aromatic rings. The lowest BCUT2D eigenvalue weighted by molar-refractivity contribution is -0.0923. The van der Waals surface area contributed by atoms with Crippen molar-refractivity contribution in [1.29, 1.82) is 5.26 Å². The molecule has 1 aromatic carbocycles. The van der Waals surface area contributed by atoms with Gasteiger partial charge in [-0.3, -0.25) is 0 Å². The number of hydrogen-bond acceptors (Lipinski definition) is 3. The van der Waals surface area contributed by atoms with Gasteiger partial charge in [-0.1, -0.05) is 13.8 Å². The number of halogens is 1. The SMILES string of the molecule is CC1(C)C(Nc2ccc(F)cc2C#N)C2CCOC21. The first-order chi connectivity index (χ1) is 9.04. The van der Waals surface area contributed by atoms with Crippen LogP contribution in [0.15, 0.2) is 18.2 Å². The second kappa shape index (κ2) is 4.21. The molecule has 100 valence electrons. The molecule has 1 heterocycles. The summed E-state index contributed by atoms with van der Waals surface area (Å²) in [5.74, 6) is 0.114. The minimum Gasteiger partial charge on any atom is -0.380 e. The number of benzene rings is 1. The van der Waals surface area contributed by atoms with Gasteiger partial charge in [0.1, 0.15) is 11.9 Å². The van der Waals surface area contributed by atoms with Crippen LogP contribution in [0, 0.1) is 28.5 Å². The van der Waals surface area contributed by atoms with E-state index in [4.69, 9.17) is 10.00 Å². The average molecular weight is 260 g/mol. The van der Waals surface area contributed by atoms with E-state index in [2.05, 4.69) is 19.2 Å². The fourth-order valence-corrected chi connectivity index (χ4v) is 3.52. The van der Waals surface area contributed by atoms with E-state index in [1.54, 1.807) is 6.07 Å². The highest BCUT2D eigenvalue weighted by Crippen LogP contribution is 2.53. The summed E-state index contributed by atoms with van der Waals surface area (Å²) in [4.78, 5) is 0. The van der Waals surface area contributed by atoms with E-state index in [1.165, 1.54) is 12.1 Å². The summed E-state index contributed by atoms with van der Waals surface area (Å²) in [6.07, 6.45) is 1.35. The van der Waals surface area contributed by atoms with Gasteiger partial charge in [0, 0.05) is 24.0 Å². The number of anilines is 1. The standard InChI is InChI=1S/C15H17FN2O/c1-15(2)13(11-5-6-19-14(11)15)18-12-4-3-10(16)7-9(12)8-17/h3-4,7,11,13-14,18H,5-6H2,1-2H3. The van der Waals surface area contributed by atoms with Crippen molar-refractivity contribution in [2.45, 2.75) is 32.4 Å². The number of nitrogens with one attached hydrogen (secondary N) is 1. The van der Waals surface area contributed by atoms with Crippen molar-refractivity contribution in [1.82, 2.24) is 0 Å². The molecule has 1 saturated heterocycles. The van der Waals surface area contributed by atoms with Crippen molar-refractivity contribution in [3.63, 3.8) is 0 Å². The first kappa shape index (κ1) is 12.4. The minimum atomic E-state index is -0.378. The molecular formula is C15H17FN2O. The second-order valence-electron chi connectivity index (χ2n) is 5.99. The van der Waals surface area contributed by atoms with Gasteiger partial charge in [0.05, 0.1) is 17.4 Å². The molecule has 2 aliphatic rings. The molecule has 19 heavy (non-hydrogen) atoms. The van der Waals surface area contributed by atoms with E-state index in [0.29, 0.717) is 23.3 Å². The van der Waals surface area contributed by atoms with Crippen molar-refractivity contribution in [2.75, 3.05) is 11.9 Å². The van der Waals surface area contributed by atoms with Crippen LogP contribution in [0.5, 0.6) is 0 Å². The molecule has 1 aliphatic heterocycles. The Hall–Kier alpha value is -1.60. The quantitative estimate of drug-likeness (QED) is 0.889. The Bertz CT molecular complexity index is 550. The van der Waals surface area contributed by atoms with Crippen molar-refractivity contribution in [3.8, 4) is 6.07 Å². The van der Waals surface area contributed by atoms with Crippen LogP contribution in [0.2, 0.25) is 0 Å².